The van der Waals surface area contributed by atoms with E-state index in [1.807, 2.05) is 6.07 Å². The van der Waals surface area contributed by atoms with Gasteiger partial charge in [0.25, 0.3) is 5.91 Å². The quantitative estimate of drug-likeness (QED) is 0.345. The molecule has 1 aliphatic carbocycles. The van der Waals surface area contributed by atoms with Gasteiger partial charge < -0.3 is 34.5 Å². The highest BCUT2D eigenvalue weighted by Gasteiger charge is 2.22. The smallest absolute Gasteiger partial charge is 0.339 e. The van der Waals surface area contributed by atoms with Crippen molar-refractivity contribution >= 4 is 33.7 Å². The topological polar surface area (TPSA) is 145 Å². The first-order valence-electron chi connectivity index (χ1n) is 11.3. The van der Waals surface area contributed by atoms with Crippen LogP contribution in [0.1, 0.15) is 28.7 Å². The summed E-state index contributed by atoms with van der Waals surface area (Å²) in [4.78, 5) is 39.5. The Morgan fingerprint density at radius 3 is 2.80 bits per heavy atom. The van der Waals surface area contributed by atoms with Crippen LogP contribution in [0.2, 0.25) is 0 Å². The van der Waals surface area contributed by atoms with Crippen molar-refractivity contribution in [3.8, 4) is 11.5 Å². The number of hydrogen-bond donors (Lipinski definition) is 3. The summed E-state index contributed by atoms with van der Waals surface area (Å²) < 4.78 is 11.2. The van der Waals surface area contributed by atoms with E-state index < -0.39 is 24.5 Å². The molecule has 0 saturated heterocycles. The molecule has 0 aliphatic heterocycles. The Bertz CT molecular complexity index is 1530. The van der Waals surface area contributed by atoms with Gasteiger partial charge in [-0.2, -0.15) is 0 Å². The van der Waals surface area contributed by atoms with Crippen molar-refractivity contribution in [1.29, 1.82) is 0 Å². The lowest BCUT2D eigenvalue weighted by atomic mass is 10.0. The second kappa shape index (κ2) is 8.83. The normalized spacial score (nSPS) is 13.6. The fourth-order valence-electron chi connectivity index (χ4n) is 4.75. The number of H-pyrrole nitrogens is 1. The fourth-order valence-corrected chi connectivity index (χ4v) is 4.75. The number of rotatable bonds is 7. The van der Waals surface area contributed by atoms with Crippen molar-refractivity contribution in [2.75, 3.05) is 6.61 Å². The summed E-state index contributed by atoms with van der Waals surface area (Å²) >= 11 is 0. The molecule has 0 saturated carbocycles. The van der Waals surface area contributed by atoms with Crippen LogP contribution >= 0.6 is 0 Å². The summed E-state index contributed by atoms with van der Waals surface area (Å²) in [6.07, 6.45) is 4.04. The number of phenolic OH excluding ortho intramolecular Hbond substituents is 1. The van der Waals surface area contributed by atoms with E-state index in [2.05, 4.69) is 10.3 Å². The lowest BCUT2D eigenvalue weighted by Gasteiger charge is -2.20. The average molecular weight is 475 g/mol. The van der Waals surface area contributed by atoms with Crippen LogP contribution in [0, 0.1) is 6.92 Å². The highest BCUT2D eigenvalue weighted by molar-refractivity contribution is 5.88. The van der Waals surface area contributed by atoms with E-state index in [1.165, 1.54) is 12.1 Å². The molecule has 1 aliphatic rings. The van der Waals surface area contributed by atoms with Crippen LogP contribution < -0.4 is 20.8 Å². The zero-order chi connectivity index (χ0) is 24.7. The molecule has 2 aromatic carbocycles. The van der Waals surface area contributed by atoms with Crippen molar-refractivity contribution in [1.82, 2.24) is 10.3 Å². The molecule has 2 aromatic heterocycles. The number of phenols is 1. The molecule has 1 atom stereocenters. The number of aliphatic carboxylic acids is 1. The molecule has 0 spiro atoms. The third kappa shape index (κ3) is 4.21. The van der Waals surface area contributed by atoms with Crippen molar-refractivity contribution in [2.24, 2.45) is 0 Å². The van der Waals surface area contributed by atoms with E-state index >= 15 is 0 Å². The van der Waals surface area contributed by atoms with Crippen molar-refractivity contribution in [3.05, 3.63) is 69.2 Å². The first-order valence-corrected chi connectivity index (χ1v) is 11.3. The lowest BCUT2D eigenvalue weighted by molar-refractivity contribution is -0.308. The SMILES string of the molecule is Cc1c(OCC(=O)N[C@H](Cc2c[nH]c3ccc(O)cc23)C(=O)[O-])ccc2c3c(c(=O)oc12)CCC3. The predicted octanol–water partition coefficient (Wildman–Crippen LogP) is 1.63. The van der Waals surface area contributed by atoms with Crippen LogP contribution in [0.5, 0.6) is 11.5 Å². The Morgan fingerprint density at radius 1 is 1.20 bits per heavy atom. The summed E-state index contributed by atoms with van der Waals surface area (Å²) in [5.74, 6) is -1.67. The second-order valence-electron chi connectivity index (χ2n) is 8.74. The molecule has 0 bridgehead atoms. The third-order valence-corrected chi connectivity index (χ3v) is 6.49. The molecule has 9 heteroatoms. The van der Waals surface area contributed by atoms with E-state index in [0.29, 0.717) is 34.3 Å². The first kappa shape index (κ1) is 22.5. The zero-order valence-corrected chi connectivity index (χ0v) is 19.0. The molecular weight excluding hydrogens is 452 g/mol. The third-order valence-electron chi connectivity index (χ3n) is 6.49. The number of carboxylic acids is 1. The number of fused-ring (bicyclic) bond motifs is 4. The summed E-state index contributed by atoms with van der Waals surface area (Å²) in [5.41, 5.74) is 3.76. The van der Waals surface area contributed by atoms with Crippen molar-refractivity contribution in [2.45, 2.75) is 38.6 Å². The van der Waals surface area contributed by atoms with Gasteiger partial charge in [-0.3, -0.25) is 4.79 Å². The molecule has 9 nitrogen and oxygen atoms in total. The second-order valence-corrected chi connectivity index (χ2v) is 8.74. The van der Waals surface area contributed by atoms with Gasteiger partial charge in [-0.1, -0.05) is 0 Å². The van der Waals surface area contributed by atoms with Crippen molar-refractivity contribution in [3.63, 3.8) is 0 Å². The van der Waals surface area contributed by atoms with E-state index in [1.54, 1.807) is 25.3 Å². The Morgan fingerprint density at radius 2 is 2.00 bits per heavy atom. The van der Waals surface area contributed by atoms with Crippen LogP contribution in [0.25, 0.3) is 21.9 Å². The molecule has 35 heavy (non-hydrogen) atoms. The molecule has 3 N–H and O–H groups in total. The minimum absolute atomic E-state index is 0.0389. The number of aromatic amines is 1. The molecular formula is C26H23N2O7-. The van der Waals surface area contributed by atoms with Crippen LogP contribution in [0.15, 0.2) is 45.7 Å². The zero-order valence-electron chi connectivity index (χ0n) is 19.0. The van der Waals surface area contributed by atoms with Gasteiger partial charge in [-0.05, 0) is 67.6 Å². The molecule has 5 rings (SSSR count). The molecule has 2 heterocycles. The largest absolute Gasteiger partial charge is 0.548 e. The number of carboxylic acid groups (broad SMARTS) is 1. The van der Waals surface area contributed by atoms with E-state index in [9.17, 15) is 24.6 Å². The Kier molecular flexibility index (Phi) is 5.68. The monoisotopic (exact) mass is 475 g/mol. The standard InChI is InChI=1S/C26H24N2O7/c1-13-22(8-6-17-16-3-2-4-18(16)26(33)35-24(13)17)34-12-23(30)28-21(25(31)32)9-14-11-27-20-7-5-15(29)10-19(14)20/h5-8,10-11,21,27,29H,2-4,9,12H2,1H3,(H,28,30)(H,31,32)/p-1/t21-/m1/s1. The fraction of sp³-hybridized carbons (Fsp3) is 0.269. The Labute approximate surface area is 199 Å². The summed E-state index contributed by atoms with van der Waals surface area (Å²) in [7, 11) is 0. The molecule has 0 unspecified atom stereocenters. The molecule has 180 valence electrons. The van der Waals surface area contributed by atoms with E-state index in [-0.39, 0.29) is 17.8 Å². The summed E-state index contributed by atoms with van der Waals surface area (Å²) in [6, 6.07) is 6.96. The van der Waals surface area contributed by atoms with Gasteiger partial charge in [-0.15, -0.1) is 0 Å². The molecule has 0 radical (unpaired) electrons. The van der Waals surface area contributed by atoms with Gasteiger partial charge in [0.1, 0.15) is 17.1 Å². The van der Waals surface area contributed by atoms with Crippen LogP contribution in [-0.2, 0) is 28.9 Å². The number of carbonyl (C=O) groups is 2. The Balaban J connectivity index is 1.30. The van der Waals surface area contributed by atoms with Gasteiger partial charge in [0.2, 0.25) is 0 Å². The number of carbonyl (C=O) groups excluding carboxylic acids is 2. The number of ether oxygens (including phenoxy) is 1. The van der Waals surface area contributed by atoms with Gasteiger partial charge in [0.15, 0.2) is 6.61 Å². The van der Waals surface area contributed by atoms with Gasteiger partial charge >= 0.3 is 5.63 Å². The maximum absolute atomic E-state index is 12.5. The average Bonchev–Trinajstić information content (AvgIpc) is 3.47. The first-order chi connectivity index (χ1) is 16.8. The minimum Gasteiger partial charge on any atom is -0.548 e. The summed E-state index contributed by atoms with van der Waals surface area (Å²) in [6.45, 7) is 1.32. The van der Waals surface area contributed by atoms with Crippen LogP contribution in [0.4, 0.5) is 0 Å². The molecule has 0 fully saturated rings. The van der Waals surface area contributed by atoms with Crippen LogP contribution in [0.3, 0.4) is 0 Å². The van der Waals surface area contributed by atoms with Gasteiger partial charge in [0.05, 0.1) is 12.0 Å². The number of amides is 1. The summed E-state index contributed by atoms with van der Waals surface area (Å²) in [5, 5.41) is 25.4. The number of hydrogen-bond acceptors (Lipinski definition) is 7. The van der Waals surface area contributed by atoms with E-state index in [0.717, 1.165) is 34.9 Å². The minimum atomic E-state index is -1.44. The van der Waals surface area contributed by atoms with Crippen LogP contribution in [-0.4, -0.2) is 34.6 Å². The molecule has 4 aromatic rings. The van der Waals surface area contributed by atoms with Crippen molar-refractivity contribution < 1.29 is 29.0 Å². The number of aryl methyl sites for hydroxylation is 2. The number of nitrogens with one attached hydrogen (secondary N) is 2. The maximum Gasteiger partial charge on any atom is 0.339 e. The molecule has 1 amide bonds. The van der Waals surface area contributed by atoms with E-state index in [4.69, 9.17) is 9.15 Å². The Hall–Kier alpha value is -4.27. The number of aromatic nitrogens is 1. The van der Waals surface area contributed by atoms with Gasteiger partial charge in [0, 0.05) is 40.0 Å². The van der Waals surface area contributed by atoms with Gasteiger partial charge in [-0.25, -0.2) is 4.79 Å². The number of aromatic hydroxyl groups is 1. The lowest BCUT2D eigenvalue weighted by Crippen LogP contribution is -2.50. The highest BCUT2D eigenvalue weighted by atomic mass is 16.5. The number of benzene rings is 2. The highest BCUT2D eigenvalue weighted by Crippen LogP contribution is 2.33. The predicted molar refractivity (Wildman–Crippen MR) is 125 cm³/mol. The maximum atomic E-state index is 12.5.